The second kappa shape index (κ2) is 5.19. The molecule has 17 heavy (non-hydrogen) atoms. The van der Waals surface area contributed by atoms with Gasteiger partial charge in [-0.05, 0) is 44.3 Å². The van der Waals surface area contributed by atoms with Crippen molar-refractivity contribution in [3.63, 3.8) is 0 Å². The SMILES string of the molecule is CC1CCN(CC(C)(N)c2ccccc2)CC1. The van der Waals surface area contributed by atoms with Crippen LogP contribution in [0.1, 0.15) is 32.3 Å². The normalized spacial score (nSPS) is 22.3. The largest absolute Gasteiger partial charge is 0.321 e. The maximum atomic E-state index is 6.46. The highest BCUT2D eigenvalue weighted by molar-refractivity contribution is 5.23. The molecule has 1 aliphatic rings. The van der Waals surface area contributed by atoms with Gasteiger partial charge in [0.1, 0.15) is 0 Å². The summed E-state index contributed by atoms with van der Waals surface area (Å²) in [5.41, 5.74) is 7.46. The zero-order valence-corrected chi connectivity index (χ0v) is 11.0. The van der Waals surface area contributed by atoms with Gasteiger partial charge in [-0.3, -0.25) is 0 Å². The Kier molecular flexibility index (Phi) is 3.85. The molecule has 1 unspecified atom stereocenters. The zero-order valence-electron chi connectivity index (χ0n) is 11.0. The molecule has 1 aliphatic heterocycles. The van der Waals surface area contributed by atoms with Crippen LogP contribution < -0.4 is 5.73 Å². The quantitative estimate of drug-likeness (QED) is 0.868. The lowest BCUT2D eigenvalue weighted by Gasteiger charge is -2.36. The maximum Gasteiger partial charge on any atom is 0.0509 e. The molecule has 0 bridgehead atoms. The van der Waals surface area contributed by atoms with Crippen LogP contribution in [0.15, 0.2) is 30.3 Å². The van der Waals surface area contributed by atoms with Crippen LogP contribution in [0.25, 0.3) is 0 Å². The number of piperidine rings is 1. The van der Waals surface area contributed by atoms with Crippen molar-refractivity contribution in [3.8, 4) is 0 Å². The van der Waals surface area contributed by atoms with Crippen molar-refractivity contribution in [2.75, 3.05) is 19.6 Å². The summed E-state index contributed by atoms with van der Waals surface area (Å²) in [5.74, 6) is 0.881. The second-order valence-corrected chi connectivity index (χ2v) is 5.74. The number of nitrogens with zero attached hydrogens (tertiary/aromatic N) is 1. The van der Waals surface area contributed by atoms with Crippen LogP contribution in [0.4, 0.5) is 0 Å². The third kappa shape index (κ3) is 3.30. The van der Waals surface area contributed by atoms with E-state index in [1.165, 1.54) is 31.5 Å². The van der Waals surface area contributed by atoms with Gasteiger partial charge in [-0.15, -0.1) is 0 Å². The molecule has 0 amide bonds. The minimum atomic E-state index is -0.234. The monoisotopic (exact) mass is 232 g/mol. The van der Waals surface area contributed by atoms with Crippen molar-refractivity contribution in [3.05, 3.63) is 35.9 Å². The Bertz CT molecular complexity index is 337. The molecule has 94 valence electrons. The summed E-state index contributed by atoms with van der Waals surface area (Å²) in [6.07, 6.45) is 2.62. The van der Waals surface area contributed by atoms with Crippen molar-refractivity contribution in [1.29, 1.82) is 0 Å². The average Bonchev–Trinajstić information content (AvgIpc) is 2.33. The Morgan fingerprint density at radius 3 is 2.41 bits per heavy atom. The third-order valence-electron chi connectivity index (χ3n) is 3.86. The Hall–Kier alpha value is -0.860. The zero-order chi connectivity index (χ0) is 12.3. The molecule has 0 saturated carbocycles. The number of benzene rings is 1. The molecule has 1 aromatic carbocycles. The first-order valence-electron chi connectivity index (χ1n) is 6.65. The van der Waals surface area contributed by atoms with Gasteiger partial charge in [-0.25, -0.2) is 0 Å². The number of likely N-dealkylation sites (tertiary alicyclic amines) is 1. The fourth-order valence-corrected chi connectivity index (χ4v) is 2.59. The Morgan fingerprint density at radius 2 is 1.82 bits per heavy atom. The third-order valence-corrected chi connectivity index (χ3v) is 3.86. The van der Waals surface area contributed by atoms with E-state index in [9.17, 15) is 0 Å². The van der Waals surface area contributed by atoms with E-state index in [4.69, 9.17) is 5.73 Å². The highest BCUT2D eigenvalue weighted by Crippen LogP contribution is 2.22. The first-order chi connectivity index (χ1) is 8.08. The van der Waals surface area contributed by atoms with Gasteiger partial charge in [0.15, 0.2) is 0 Å². The summed E-state index contributed by atoms with van der Waals surface area (Å²) in [6.45, 7) is 7.84. The van der Waals surface area contributed by atoms with Gasteiger partial charge in [0.25, 0.3) is 0 Å². The minimum Gasteiger partial charge on any atom is -0.321 e. The molecule has 0 spiro atoms. The van der Waals surface area contributed by atoms with E-state index in [0.29, 0.717) is 0 Å². The predicted octanol–water partition coefficient (Wildman–Crippen LogP) is 2.59. The molecule has 2 rings (SSSR count). The molecule has 2 heteroatoms. The Morgan fingerprint density at radius 1 is 1.24 bits per heavy atom. The summed E-state index contributed by atoms with van der Waals surface area (Å²) in [7, 11) is 0. The average molecular weight is 232 g/mol. The molecule has 0 radical (unpaired) electrons. The number of hydrogen-bond donors (Lipinski definition) is 1. The first kappa shape index (κ1) is 12.6. The molecule has 1 aromatic rings. The van der Waals surface area contributed by atoms with Crippen LogP contribution in [0.2, 0.25) is 0 Å². The van der Waals surface area contributed by atoms with Crippen LogP contribution in [-0.2, 0) is 5.54 Å². The first-order valence-corrected chi connectivity index (χ1v) is 6.65. The van der Waals surface area contributed by atoms with Gasteiger partial charge in [-0.1, -0.05) is 37.3 Å². The lowest BCUT2D eigenvalue weighted by Crippen LogP contribution is -2.47. The number of nitrogens with two attached hydrogens (primary N) is 1. The highest BCUT2D eigenvalue weighted by atomic mass is 15.1. The summed E-state index contributed by atoms with van der Waals surface area (Å²) >= 11 is 0. The molecular weight excluding hydrogens is 208 g/mol. The minimum absolute atomic E-state index is 0.234. The van der Waals surface area contributed by atoms with Gasteiger partial charge in [0.2, 0.25) is 0 Å². The molecule has 1 saturated heterocycles. The van der Waals surface area contributed by atoms with E-state index >= 15 is 0 Å². The van der Waals surface area contributed by atoms with Gasteiger partial charge in [-0.2, -0.15) is 0 Å². The molecule has 0 aromatic heterocycles. The van der Waals surface area contributed by atoms with Gasteiger partial charge in [0, 0.05) is 6.54 Å². The van der Waals surface area contributed by atoms with Crippen LogP contribution >= 0.6 is 0 Å². The molecule has 2 N–H and O–H groups in total. The summed E-state index contributed by atoms with van der Waals surface area (Å²) in [6, 6.07) is 10.4. The van der Waals surface area contributed by atoms with E-state index in [-0.39, 0.29) is 5.54 Å². The van der Waals surface area contributed by atoms with Gasteiger partial charge in [0.05, 0.1) is 5.54 Å². The van der Waals surface area contributed by atoms with Crippen molar-refractivity contribution < 1.29 is 0 Å². The van der Waals surface area contributed by atoms with E-state index in [1.54, 1.807) is 0 Å². The molecule has 1 fully saturated rings. The molecule has 1 atom stereocenters. The standard InChI is InChI=1S/C15H24N2/c1-13-8-10-17(11-9-13)12-15(2,16)14-6-4-3-5-7-14/h3-7,13H,8-12,16H2,1-2H3. The summed E-state index contributed by atoms with van der Waals surface area (Å²) in [5, 5.41) is 0. The predicted molar refractivity (Wildman–Crippen MR) is 72.8 cm³/mol. The van der Waals surface area contributed by atoms with Crippen molar-refractivity contribution in [1.82, 2.24) is 4.90 Å². The molecular formula is C15H24N2. The second-order valence-electron chi connectivity index (χ2n) is 5.74. The lowest BCUT2D eigenvalue weighted by atomic mass is 9.91. The Labute approximate surface area is 105 Å². The summed E-state index contributed by atoms with van der Waals surface area (Å²) < 4.78 is 0. The van der Waals surface area contributed by atoms with E-state index in [1.807, 2.05) is 6.07 Å². The fraction of sp³-hybridized carbons (Fsp3) is 0.600. The molecule has 1 heterocycles. The smallest absolute Gasteiger partial charge is 0.0509 e. The van der Waals surface area contributed by atoms with Crippen LogP contribution in [0, 0.1) is 5.92 Å². The van der Waals surface area contributed by atoms with E-state index in [2.05, 4.69) is 43.0 Å². The van der Waals surface area contributed by atoms with E-state index in [0.717, 1.165) is 12.5 Å². The van der Waals surface area contributed by atoms with Crippen molar-refractivity contribution in [2.24, 2.45) is 11.7 Å². The van der Waals surface area contributed by atoms with Crippen LogP contribution in [-0.4, -0.2) is 24.5 Å². The number of hydrogen-bond acceptors (Lipinski definition) is 2. The number of rotatable bonds is 3. The fourth-order valence-electron chi connectivity index (χ4n) is 2.59. The lowest BCUT2D eigenvalue weighted by molar-refractivity contribution is 0.158. The summed E-state index contributed by atoms with van der Waals surface area (Å²) in [4.78, 5) is 2.51. The molecule has 2 nitrogen and oxygen atoms in total. The van der Waals surface area contributed by atoms with Crippen molar-refractivity contribution >= 4 is 0 Å². The topological polar surface area (TPSA) is 29.3 Å². The van der Waals surface area contributed by atoms with E-state index < -0.39 is 0 Å². The molecule has 0 aliphatic carbocycles. The van der Waals surface area contributed by atoms with Crippen molar-refractivity contribution in [2.45, 2.75) is 32.2 Å². The van der Waals surface area contributed by atoms with Gasteiger partial charge >= 0.3 is 0 Å². The Balaban J connectivity index is 1.98. The van der Waals surface area contributed by atoms with Crippen LogP contribution in [0.3, 0.4) is 0 Å². The van der Waals surface area contributed by atoms with Gasteiger partial charge < -0.3 is 10.6 Å². The van der Waals surface area contributed by atoms with Crippen LogP contribution in [0.5, 0.6) is 0 Å². The maximum absolute atomic E-state index is 6.46. The highest BCUT2D eigenvalue weighted by Gasteiger charge is 2.26.